The Morgan fingerprint density at radius 3 is 2.35 bits per heavy atom. The van der Waals surface area contributed by atoms with Crippen molar-refractivity contribution in [3.8, 4) is 0 Å². The van der Waals surface area contributed by atoms with Crippen LogP contribution < -0.4 is 9.80 Å². The van der Waals surface area contributed by atoms with Gasteiger partial charge in [-0.05, 0) is 43.3 Å². The summed E-state index contributed by atoms with van der Waals surface area (Å²) in [6.07, 6.45) is 0. The fourth-order valence-corrected chi connectivity index (χ4v) is 4.30. The van der Waals surface area contributed by atoms with E-state index >= 15 is 0 Å². The number of likely N-dealkylation sites (N-methyl/N-ethyl adjacent to an activating group) is 1. The highest BCUT2D eigenvalue weighted by Gasteiger charge is 2.43. The summed E-state index contributed by atoms with van der Waals surface area (Å²) >= 11 is 0.826. The molecule has 1 saturated heterocycles. The van der Waals surface area contributed by atoms with E-state index in [-0.39, 0.29) is 16.1 Å². The van der Waals surface area contributed by atoms with Gasteiger partial charge in [0.2, 0.25) is 0 Å². The van der Waals surface area contributed by atoms with Crippen LogP contribution in [-0.2, 0) is 9.59 Å². The molecule has 0 spiro atoms. The number of rotatable bonds is 1. The first-order valence-corrected chi connectivity index (χ1v) is 8.97. The molecule has 0 aliphatic carbocycles. The van der Waals surface area contributed by atoms with Gasteiger partial charge in [0.05, 0.1) is 21.9 Å². The molecule has 4 rings (SSSR count). The molecule has 6 heteroatoms. The number of anilines is 2. The van der Waals surface area contributed by atoms with Crippen molar-refractivity contribution in [2.24, 2.45) is 0 Å². The second kappa shape index (κ2) is 5.85. The van der Waals surface area contributed by atoms with E-state index in [9.17, 15) is 14.4 Å². The van der Waals surface area contributed by atoms with Crippen molar-refractivity contribution in [3.63, 3.8) is 0 Å². The Morgan fingerprint density at radius 2 is 1.62 bits per heavy atom. The molecular formula is C20H16N2O3S. The first-order chi connectivity index (χ1) is 12.4. The van der Waals surface area contributed by atoms with E-state index in [4.69, 9.17) is 0 Å². The Hall–Kier alpha value is -2.86. The predicted octanol–water partition coefficient (Wildman–Crippen LogP) is 3.89. The second-order valence-electron chi connectivity index (χ2n) is 6.38. The van der Waals surface area contributed by atoms with Crippen LogP contribution in [-0.4, -0.2) is 24.1 Å². The van der Waals surface area contributed by atoms with E-state index in [1.54, 1.807) is 19.2 Å². The zero-order valence-electron chi connectivity index (χ0n) is 14.6. The molecule has 26 heavy (non-hydrogen) atoms. The van der Waals surface area contributed by atoms with Gasteiger partial charge in [0.15, 0.2) is 0 Å². The summed E-state index contributed by atoms with van der Waals surface area (Å²) in [5, 5.41) is -0.385. The topological polar surface area (TPSA) is 57.7 Å². The lowest BCUT2D eigenvalue weighted by atomic mass is 10.1. The summed E-state index contributed by atoms with van der Waals surface area (Å²) in [6.45, 7) is 3.82. The van der Waals surface area contributed by atoms with Crippen LogP contribution in [0.3, 0.4) is 0 Å². The first-order valence-electron chi connectivity index (χ1n) is 8.15. The number of carbonyl (C=O) groups is 3. The molecule has 3 amide bonds. The molecule has 2 aliphatic heterocycles. The lowest BCUT2D eigenvalue weighted by Gasteiger charge is -2.15. The molecule has 0 saturated carbocycles. The van der Waals surface area contributed by atoms with E-state index < -0.39 is 5.91 Å². The number of fused-ring (bicyclic) bond motifs is 1. The fraction of sp³-hybridized carbons (Fsp3) is 0.150. The summed E-state index contributed by atoms with van der Waals surface area (Å²) in [5.41, 5.74) is 4.18. The van der Waals surface area contributed by atoms with Crippen molar-refractivity contribution >= 4 is 45.8 Å². The maximum atomic E-state index is 13.1. The van der Waals surface area contributed by atoms with Crippen LogP contribution in [0.15, 0.2) is 47.4 Å². The Balaban J connectivity index is 1.86. The van der Waals surface area contributed by atoms with E-state index in [1.165, 1.54) is 4.90 Å². The summed E-state index contributed by atoms with van der Waals surface area (Å²) in [6, 6.07) is 12.8. The highest BCUT2D eigenvalue weighted by atomic mass is 32.2. The van der Waals surface area contributed by atoms with Gasteiger partial charge in [-0.15, -0.1) is 0 Å². The fourth-order valence-electron chi connectivity index (χ4n) is 3.37. The average molecular weight is 364 g/mol. The van der Waals surface area contributed by atoms with E-state index in [0.29, 0.717) is 16.8 Å². The Labute approximate surface area is 155 Å². The average Bonchev–Trinajstić information content (AvgIpc) is 3.03. The number of nitrogens with zero attached hydrogens (tertiary/aromatic N) is 2. The smallest absolute Gasteiger partial charge is 0.298 e. The zero-order valence-corrected chi connectivity index (χ0v) is 15.4. The number of para-hydroxylation sites is 1. The van der Waals surface area contributed by atoms with Crippen LogP contribution in [0.4, 0.5) is 16.2 Å². The molecule has 0 atom stereocenters. The highest BCUT2D eigenvalue weighted by molar-refractivity contribution is 8.19. The molecule has 2 aromatic carbocycles. The third-order valence-corrected chi connectivity index (χ3v) is 5.58. The summed E-state index contributed by atoms with van der Waals surface area (Å²) in [7, 11) is 1.67. The lowest BCUT2D eigenvalue weighted by Crippen LogP contribution is -2.29. The standard InChI is InChI=1S/C20H16N2O3S/c1-11-8-9-14(12(2)10-11)22-19(24)17(26-20(22)25)16-13-6-4-5-7-15(13)21(3)18(16)23/h4-10H,1-3H3/b17-16-. The molecule has 2 aliphatic rings. The van der Waals surface area contributed by atoms with Gasteiger partial charge >= 0.3 is 0 Å². The van der Waals surface area contributed by atoms with Crippen LogP contribution in [0.5, 0.6) is 0 Å². The van der Waals surface area contributed by atoms with E-state index in [2.05, 4.69) is 0 Å². The molecule has 2 heterocycles. The maximum absolute atomic E-state index is 13.1. The van der Waals surface area contributed by atoms with Crippen LogP contribution in [0, 0.1) is 13.8 Å². The number of hydrogen-bond donors (Lipinski definition) is 0. The second-order valence-corrected chi connectivity index (χ2v) is 7.35. The normalized spacial score (nSPS) is 19.6. The zero-order chi connectivity index (χ0) is 18.6. The molecule has 0 bridgehead atoms. The van der Waals surface area contributed by atoms with Crippen molar-refractivity contribution < 1.29 is 14.4 Å². The minimum atomic E-state index is -0.444. The monoisotopic (exact) mass is 364 g/mol. The minimum absolute atomic E-state index is 0.191. The van der Waals surface area contributed by atoms with E-state index in [1.807, 2.05) is 44.2 Å². The Bertz CT molecular complexity index is 1030. The van der Waals surface area contributed by atoms with Crippen molar-refractivity contribution in [2.75, 3.05) is 16.8 Å². The molecule has 0 aromatic heterocycles. The lowest BCUT2D eigenvalue weighted by molar-refractivity contribution is -0.115. The molecule has 0 N–H and O–H groups in total. The molecular weight excluding hydrogens is 348 g/mol. The number of hydrogen-bond acceptors (Lipinski definition) is 4. The minimum Gasteiger partial charge on any atom is -0.311 e. The van der Waals surface area contributed by atoms with Gasteiger partial charge in [0.1, 0.15) is 0 Å². The molecule has 0 radical (unpaired) electrons. The molecule has 5 nitrogen and oxygen atoms in total. The number of amides is 3. The number of benzene rings is 2. The van der Waals surface area contributed by atoms with Crippen molar-refractivity contribution in [3.05, 3.63) is 64.1 Å². The van der Waals surface area contributed by atoms with E-state index in [0.717, 1.165) is 33.5 Å². The predicted molar refractivity (Wildman–Crippen MR) is 103 cm³/mol. The van der Waals surface area contributed by atoms with Crippen LogP contribution in [0.25, 0.3) is 5.57 Å². The van der Waals surface area contributed by atoms with Gasteiger partial charge in [-0.25, -0.2) is 4.90 Å². The largest absolute Gasteiger partial charge is 0.311 e. The number of carbonyl (C=O) groups excluding carboxylic acids is 3. The van der Waals surface area contributed by atoms with Crippen LogP contribution >= 0.6 is 11.8 Å². The Kier molecular flexibility index (Phi) is 3.73. The SMILES string of the molecule is Cc1ccc(N2C(=O)S/C(=C3\C(=O)N(C)c4ccccc43)C2=O)c(C)c1. The quantitative estimate of drug-likeness (QED) is 0.721. The van der Waals surface area contributed by atoms with Gasteiger partial charge in [-0.3, -0.25) is 14.4 Å². The summed E-state index contributed by atoms with van der Waals surface area (Å²) in [5.74, 6) is -0.710. The Morgan fingerprint density at radius 1 is 0.885 bits per heavy atom. The first kappa shape index (κ1) is 16.6. The molecule has 2 aromatic rings. The van der Waals surface area contributed by atoms with Crippen molar-refractivity contribution in [2.45, 2.75) is 13.8 Å². The third kappa shape index (κ3) is 2.29. The van der Waals surface area contributed by atoms with Gasteiger partial charge in [0, 0.05) is 12.6 Å². The van der Waals surface area contributed by atoms with Gasteiger partial charge in [-0.1, -0.05) is 35.9 Å². The number of imide groups is 1. The van der Waals surface area contributed by atoms with Crippen molar-refractivity contribution in [1.29, 1.82) is 0 Å². The van der Waals surface area contributed by atoms with Crippen LogP contribution in [0.2, 0.25) is 0 Å². The molecule has 130 valence electrons. The third-order valence-electron chi connectivity index (χ3n) is 4.64. The summed E-state index contributed by atoms with van der Waals surface area (Å²) < 4.78 is 0. The molecule has 0 unspecified atom stereocenters. The van der Waals surface area contributed by atoms with Crippen molar-refractivity contribution in [1.82, 2.24) is 0 Å². The summed E-state index contributed by atoms with van der Waals surface area (Å²) in [4.78, 5) is 41.2. The molecule has 1 fully saturated rings. The highest BCUT2D eigenvalue weighted by Crippen LogP contribution is 2.45. The van der Waals surface area contributed by atoms with Gasteiger partial charge < -0.3 is 4.90 Å². The van der Waals surface area contributed by atoms with Crippen LogP contribution in [0.1, 0.15) is 16.7 Å². The number of thioether (sulfide) groups is 1. The number of aryl methyl sites for hydroxylation is 2. The van der Waals surface area contributed by atoms with Gasteiger partial charge in [0.25, 0.3) is 17.1 Å². The maximum Gasteiger partial charge on any atom is 0.298 e. The van der Waals surface area contributed by atoms with Gasteiger partial charge in [-0.2, -0.15) is 0 Å².